The third-order valence-electron chi connectivity index (χ3n) is 16.3. The third kappa shape index (κ3) is 4.92. The van der Waals surface area contributed by atoms with Crippen LogP contribution in [0.1, 0.15) is 50.4 Å². The van der Waals surface area contributed by atoms with Crippen molar-refractivity contribution in [2.75, 3.05) is 19.6 Å². The first-order chi connectivity index (χ1) is 34.5. The van der Waals surface area contributed by atoms with Gasteiger partial charge in [0.25, 0.3) is 0 Å². The van der Waals surface area contributed by atoms with Gasteiger partial charge in [0.1, 0.15) is 0 Å². The Labute approximate surface area is 433 Å². The molecular weight excluding hydrogens is 1060 g/mol. The third-order valence-corrected chi connectivity index (χ3v) is 25.5. The normalized spacial score (nSPS) is 15.5. The summed E-state index contributed by atoms with van der Waals surface area (Å²) < 4.78 is 9.07. The van der Waals surface area contributed by atoms with Crippen molar-refractivity contribution in [1.29, 1.82) is 0 Å². The molecular formula is C62H44B2N4Se3. The van der Waals surface area contributed by atoms with Gasteiger partial charge in [-0.2, -0.15) is 0 Å². The fourth-order valence-electron chi connectivity index (χ4n) is 13.7. The molecule has 8 heterocycles. The zero-order valence-corrected chi connectivity index (χ0v) is 45.3. The van der Waals surface area contributed by atoms with Gasteiger partial charge in [0.05, 0.1) is 0 Å². The van der Waals surface area contributed by atoms with Crippen LogP contribution in [-0.4, -0.2) is 57.8 Å². The summed E-state index contributed by atoms with van der Waals surface area (Å²) in [5, 5.41) is 5.46. The van der Waals surface area contributed by atoms with Crippen molar-refractivity contribution in [3.05, 3.63) is 167 Å². The average molecular weight is 1100 g/mol. The zero-order chi connectivity index (χ0) is 47.1. The molecule has 0 atom stereocenters. The molecule has 0 unspecified atom stereocenters. The molecule has 7 aliphatic rings. The maximum absolute atomic E-state index is 2.84. The van der Waals surface area contributed by atoms with Crippen molar-refractivity contribution in [3.8, 4) is 0 Å². The monoisotopic (exact) mass is 1110 g/mol. The van der Waals surface area contributed by atoms with Crippen LogP contribution in [0.5, 0.6) is 0 Å². The van der Waals surface area contributed by atoms with Crippen molar-refractivity contribution in [1.82, 2.24) is 0 Å². The number of nitrogens with zero attached hydrogens (tertiary/aromatic N) is 4. The van der Waals surface area contributed by atoms with Gasteiger partial charge < -0.3 is 0 Å². The van der Waals surface area contributed by atoms with Crippen LogP contribution >= 0.6 is 0 Å². The molecule has 336 valence electrons. The predicted molar refractivity (Wildman–Crippen MR) is 307 cm³/mol. The molecule has 0 amide bonds. The minimum atomic E-state index is -0.0625. The van der Waals surface area contributed by atoms with Crippen molar-refractivity contribution >= 4 is 198 Å². The summed E-state index contributed by atoms with van der Waals surface area (Å²) in [5.74, 6) is 0. The van der Waals surface area contributed by atoms with Crippen molar-refractivity contribution in [2.45, 2.75) is 52.4 Å². The van der Waals surface area contributed by atoms with E-state index in [1.165, 1.54) is 140 Å². The Morgan fingerprint density at radius 3 is 1.17 bits per heavy atom. The van der Waals surface area contributed by atoms with Crippen LogP contribution in [0.3, 0.4) is 0 Å². The molecule has 9 heteroatoms. The molecule has 0 saturated carbocycles. The Hall–Kier alpha value is -6.13. The SMILES string of the molecule is CC(C)(C)c1[se]c(C(C)(C)C)c2c1N1c3cccc4c3B(c3ccc5c(c31)N2c1cccc2c1B5c1cc3ccccc3c3c1N2c1ccccc1[Se]3)c1cc2ccccc2c2c1N4c1ccccc1[Se]2. The first kappa shape index (κ1) is 40.5. The molecule has 9 aromatic carbocycles. The molecule has 0 bridgehead atoms. The van der Waals surface area contributed by atoms with Crippen LogP contribution in [0.15, 0.2) is 158 Å². The van der Waals surface area contributed by atoms with Crippen molar-refractivity contribution in [2.24, 2.45) is 0 Å². The first-order valence-electron chi connectivity index (χ1n) is 25.0. The molecule has 7 aliphatic heterocycles. The van der Waals surface area contributed by atoms with Gasteiger partial charge in [-0.25, -0.2) is 0 Å². The van der Waals surface area contributed by atoms with Crippen molar-refractivity contribution in [3.63, 3.8) is 0 Å². The van der Waals surface area contributed by atoms with E-state index in [1.807, 2.05) is 0 Å². The van der Waals surface area contributed by atoms with E-state index in [0.29, 0.717) is 0 Å². The van der Waals surface area contributed by atoms with Crippen LogP contribution in [0.25, 0.3) is 21.5 Å². The van der Waals surface area contributed by atoms with Gasteiger partial charge in [-0.05, 0) is 0 Å². The van der Waals surface area contributed by atoms with Crippen LogP contribution in [-0.2, 0) is 10.8 Å². The first-order valence-corrected chi connectivity index (χ1v) is 30.1. The van der Waals surface area contributed by atoms with Crippen LogP contribution in [0.4, 0.5) is 68.2 Å². The van der Waals surface area contributed by atoms with E-state index in [0.717, 1.165) is 0 Å². The summed E-state index contributed by atoms with van der Waals surface area (Å²) in [6.45, 7) is 14.9. The standard InChI is InChI=1S/C62H44B2N4Se3/c1-61(2,3)59-55-56(60(71-59)62(4,5)6)68-46-26-16-24-44-50(46)64(40-32-34-18-8-10-20-36(34)58-54(40)66(44)42-22-12-14-28-48(42)70-58)38-30-29-37-51(52(38)68)67(55)45-25-15-23-43-49(45)63(37)39-31-33-17-7-9-19-35(33)57-53(39)65(43)41-21-11-13-27-47(41)69-57/h7-32H,1-6H3. The topological polar surface area (TPSA) is 13.0 Å². The van der Waals surface area contributed by atoms with E-state index < -0.39 is 0 Å². The van der Waals surface area contributed by atoms with Gasteiger partial charge in [-0.1, -0.05) is 0 Å². The predicted octanol–water partition coefficient (Wildman–Crippen LogP) is 8.06. The molecule has 4 nitrogen and oxygen atoms in total. The van der Waals surface area contributed by atoms with E-state index in [4.69, 9.17) is 0 Å². The Balaban J connectivity index is 1.04. The van der Waals surface area contributed by atoms with Gasteiger partial charge >= 0.3 is 437 Å². The Morgan fingerprint density at radius 1 is 0.352 bits per heavy atom. The van der Waals surface area contributed by atoms with Crippen LogP contribution in [0.2, 0.25) is 0 Å². The summed E-state index contributed by atoms with van der Waals surface area (Å²) in [5.41, 5.74) is 24.8. The molecule has 0 aliphatic carbocycles. The van der Waals surface area contributed by atoms with E-state index in [-0.39, 0.29) is 68.7 Å². The second-order valence-corrected chi connectivity index (χ2v) is 29.0. The fraction of sp³-hybridized carbons (Fsp3) is 0.129. The van der Waals surface area contributed by atoms with Gasteiger partial charge in [0, 0.05) is 0 Å². The van der Waals surface area contributed by atoms with E-state index in [9.17, 15) is 0 Å². The van der Waals surface area contributed by atoms with Crippen molar-refractivity contribution < 1.29 is 0 Å². The molecule has 0 saturated heterocycles. The Bertz CT molecular complexity index is 3900. The maximum atomic E-state index is 2.84. The van der Waals surface area contributed by atoms with E-state index >= 15 is 0 Å². The van der Waals surface area contributed by atoms with Crippen LogP contribution in [0, 0.1) is 0 Å². The summed E-state index contributed by atoms with van der Waals surface area (Å²) in [6, 6.07) is 61.9. The molecule has 0 radical (unpaired) electrons. The van der Waals surface area contributed by atoms with Gasteiger partial charge in [0.15, 0.2) is 0 Å². The Kier molecular flexibility index (Phi) is 7.68. The number of rotatable bonds is 0. The Morgan fingerprint density at radius 2 is 0.732 bits per heavy atom. The summed E-state index contributed by atoms with van der Waals surface area (Å²) >= 11 is 0.407. The van der Waals surface area contributed by atoms with E-state index in [2.05, 4.69) is 219 Å². The molecule has 10 aromatic rings. The minimum absolute atomic E-state index is 0.0516. The number of anilines is 12. The molecule has 0 spiro atoms. The second-order valence-electron chi connectivity index (χ2n) is 22.4. The number of benzene rings is 9. The van der Waals surface area contributed by atoms with Gasteiger partial charge in [0.2, 0.25) is 0 Å². The fourth-order valence-corrected chi connectivity index (χ4v) is 21.8. The van der Waals surface area contributed by atoms with Gasteiger partial charge in [-0.3, -0.25) is 0 Å². The number of hydrogen-bond acceptors (Lipinski definition) is 4. The molecule has 0 fully saturated rings. The van der Waals surface area contributed by atoms with E-state index in [1.54, 1.807) is 8.87 Å². The summed E-state index contributed by atoms with van der Waals surface area (Å²) in [4.78, 5) is 11.0. The molecule has 0 N–H and O–H groups in total. The second kappa shape index (κ2) is 13.5. The van der Waals surface area contributed by atoms with Gasteiger partial charge in [-0.15, -0.1) is 0 Å². The molecule has 17 rings (SSSR count). The van der Waals surface area contributed by atoms with Crippen LogP contribution < -0.4 is 70.2 Å². The molecule has 71 heavy (non-hydrogen) atoms. The number of hydrogen-bond donors (Lipinski definition) is 0. The average Bonchev–Trinajstić information content (AvgIpc) is 3.81. The number of fused-ring (bicyclic) bond motifs is 19. The number of para-hydroxylation sites is 2. The molecule has 1 aromatic heterocycles. The quantitative estimate of drug-likeness (QED) is 0.143. The summed E-state index contributed by atoms with van der Waals surface area (Å²) in [7, 11) is 0. The summed E-state index contributed by atoms with van der Waals surface area (Å²) in [6.07, 6.45) is 0. The zero-order valence-electron chi connectivity index (χ0n) is 40.2.